The van der Waals surface area contributed by atoms with Gasteiger partial charge in [0.05, 0.1) is 6.54 Å². The van der Waals surface area contributed by atoms with E-state index in [2.05, 4.69) is 22.9 Å². The average Bonchev–Trinajstić information content (AvgIpc) is 1.87. The van der Waals surface area contributed by atoms with Crippen molar-refractivity contribution in [2.75, 3.05) is 6.54 Å². The molecule has 1 saturated heterocycles. The molecule has 5 heteroatoms. The Bertz CT molecular complexity index is 112. The molecule has 0 unspecified atom stereocenters. The second-order valence-electron chi connectivity index (χ2n) is 1.23. The molecule has 0 saturated carbocycles. The Hall–Kier alpha value is 0.360. The third-order valence-corrected chi connectivity index (χ3v) is 0.909. The summed E-state index contributed by atoms with van der Waals surface area (Å²) in [5.74, 6) is -0.0509. The number of carbonyl (C=O) groups is 1. The van der Waals surface area contributed by atoms with Gasteiger partial charge in [-0.05, 0) is 12.2 Å². The molecule has 0 radical (unpaired) electrons. The Labute approximate surface area is 74.5 Å². The molecule has 1 fully saturated rings. The first-order valence-electron chi connectivity index (χ1n) is 1.87. The molecule has 1 aliphatic rings. The Kier molecular flexibility index (Phi) is 3.55. The summed E-state index contributed by atoms with van der Waals surface area (Å²) >= 11 is 4.55. The number of thiocarbonyl (C=S) groups is 1. The van der Waals surface area contributed by atoms with Crippen molar-refractivity contribution in [3.05, 3.63) is 0 Å². The van der Waals surface area contributed by atoms with Crippen molar-refractivity contribution in [3.8, 4) is 0 Å². The van der Waals surface area contributed by atoms with E-state index in [4.69, 9.17) is 0 Å². The van der Waals surface area contributed by atoms with Crippen LogP contribution in [0.25, 0.3) is 0 Å². The number of carbonyl (C=O) groups excluding carboxylic acids is 1. The summed E-state index contributed by atoms with van der Waals surface area (Å²) in [6, 6.07) is 0. The quantitative estimate of drug-likeness (QED) is 0.312. The van der Waals surface area contributed by atoms with Crippen LogP contribution >= 0.6 is 12.2 Å². The van der Waals surface area contributed by atoms with Crippen molar-refractivity contribution < 1.29 is 4.79 Å². The van der Waals surface area contributed by atoms with Gasteiger partial charge in [0.25, 0.3) is 0 Å². The summed E-state index contributed by atoms with van der Waals surface area (Å²) in [5.41, 5.74) is 0. The molecular weight excluding hydrogens is 135 g/mol. The first-order valence-corrected chi connectivity index (χ1v) is 2.27. The van der Waals surface area contributed by atoms with Crippen molar-refractivity contribution in [1.82, 2.24) is 10.6 Å². The Morgan fingerprint density at radius 3 is 2.38 bits per heavy atom. The number of rotatable bonds is 0. The fourth-order valence-corrected chi connectivity index (χ4v) is 0.562. The van der Waals surface area contributed by atoms with Gasteiger partial charge in [0.1, 0.15) is 0 Å². The van der Waals surface area contributed by atoms with Gasteiger partial charge in [0.15, 0.2) is 5.11 Å². The number of nitrogens with one attached hydrogen (secondary N) is 2. The molecule has 0 atom stereocenters. The van der Waals surface area contributed by atoms with Crippen LogP contribution in [-0.2, 0) is 4.79 Å². The molecule has 0 spiro atoms. The molecule has 1 amide bonds. The second kappa shape index (κ2) is 3.40. The van der Waals surface area contributed by atoms with E-state index in [-0.39, 0.29) is 35.5 Å². The summed E-state index contributed by atoms with van der Waals surface area (Å²) in [6.45, 7) is 0.332. The third-order valence-electron chi connectivity index (χ3n) is 0.662. The third kappa shape index (κ3) is 2.09. The zero-order chi connectivity index (χ0) is 5.28. The molecule has 0 aliphatic carbocycles. The first kappa shape index (κ1) is 8.36. The van der Waals surface area contributed by atoms with Crippen molar-refractivity contribution in [1.29, 1.82) is 0 Å². The summed E-state index contributed by atoms with van der Waals surface area (Å²) in [6.07, 6.45) is 0. The van der Waals surface area contributed by atoms with Gasteiger partial charge in [-0.15, -0.1) is 0 Å². The Balaban J connectivity index is 0.000000490. The summed E-state index contributed by atoms with van der Waals surface area (Å²) < 4.78 is 0. The fraction of sp³-hybridized carbons (Fsp3) is 0.333. The van der Waals surface area contributed by atoms with Gasteiger partial charge in [0.2, 0.25) is 5.91 Å². The molecule has 1 rings (SSSR count). The van der Waals surface area contributed by atoms with Gasteiger partial charge >= 0.3 is 29.6 Å². The normalized spacial score (nSPS) is 16.5. The van der Waals surface area contributed by atoms with Crippen LogP contribution in [0.5, 0.6) is 0 Å². The molecule has 0 bridgehead atoms. The molecule has 0 aromatic heterocycles. The molecule has 3 nitrogen and oxygen atoms in total. The van der Waals surface area contributed by atoms with Crippen molar-refractivity contribution in [2.24, 2.45) is 0 Å². The summed E-state index contributed by atoms with van der Waals surface area (Å²) in [5, 5.41) is 5.47. The number of hydrogen-bond donors (Lipinski definition) is 2. The van der Waals surface area contributed by atoms with Crippen molar-refractivity contribution in [3.63, 3.8) is 0 Å². The summed E-state index contributed by atoms with van der Waals surface area (Å²) in [7, 11) is 0. The topological polar surface area (TPSA) is 41.1 Å². The molecular formula is C3H5N2NaOS. The molecule has 40 valence electrons. The predicted octanol–water partition coefficient (Wildman–Crippen LogP) is -1.66. The van der Waals surface area contributed by atoms with E-state index in [0.29, 0.717) is 11.7 Å². The molecule has 1 aliphatic heterocycles. The van der Waals surface area contributed by atoms with Gasteiger partial charge < -0.3 is 10.6 Å². The van der Waals surface area contributed by atoms with Crippen LogP contribution < -0.4 is 10.6 Å². The van der Waals surface area contributed by atoms with Gasteiger partial charge in [0, 0.05) is 0 Å². The SMILES string of the molecule is O=C1CNC(=S)N1.[NaH]. The zero-order valence-corrected chi connectivity index (χ0v) is 4.34. The first-order chi connectivity index (χ1) is 3.29. The molecule has 1 heterocycles. The average molecular weight is 140 g/mol. The number of amides is 1. The maximum atomic E-state index is 10.2. The van der Waals surface area contributed by atoms with Crippen LogP contribution in [0.4, 0.5) is 0 Å². The van der Waals surface area contributed by atoms with E-state index in [9.17, 15) is 4.79 Å². The van der Waals surface area contributed by atoms with E-state index in [1.165, 1.54) is 0 Å². The van der Waals surface area contributed by atoms with E-state index in [0.717, 1.165) is 0 Å². The van der Waals surface area contributed by atoms with E-state index < -0.39 is 0 Å². The fourth-order valence-electron chi connectivity index (χ4n) is 0.376. The van der Waals surface area contributed by atoms with Gasteiger partial charge in [-0.25, -0.2) is 0 Å². The van der Waals surface area contributed by atoms with E-state index in [1.807, 2.05) is 0 Å². The van der Waals surface area contributed by atoms with Gasteiger partial charge in [-0.2, -0.15) is 0 Å². The molecule has 2 N–H and O–H groups in total. The molecule has 0 aromatic rings. The zero-order valence-electron chi connectivity index (χ0n) is 3.52. The van der Waals surface area contributed by atoms with Crippen molar-refractivity contribution >= 4 is 52.8 Å². The minimum atomic E-state index is -0.0509. The molecule has 0 aromatic carbocycles. The monoisotopic (exact) mass is 140 g/mol. The second-order valence-corrected chi connectivity index (χ2v) is 1.64. The Morgan fingerprint density at radius 1 is 1.62 bits per heavy atom. The van der Waals surface area contributed by atoms with Crippen LogP contribution in [0.3, 0.4) is 0 Å². The van der Waals surface area contributed by atoms with Crippen LogP contribution in [-0.4, -0.2) is 47.1 Å². The van der Waals surface area contributed by atoms with Crippen LogP contribution in [0.1, 0.15) is 0 Å². The van der Waals surface area contributed by atoms with Gasteiger partial charge in [-0.1, -0.05) is 0 Å². The Morgan fingerprint density at radius 2 is 2.25 bits per heavy atom. The van der Waals surface area contributed by atoms with Crippen LogP contribution in [0.2, 0.25) is 0 Å². The standard InChI is InChI=1S/C3H4N2OS.Na.H/c6-2-1-4-3(7)5-2;;/h1H2,(H2,4,5,6,7);;. The van der Waals surface area contributed by atoms with E-state index in [1.54, 1.807) is 0 Å². The van der Waals surface area contributed by atoms with E-state index >= 15 is 0 Å². The summed E-state index contributed by atoms with van der Waals surface area (Å²) in [4.78, 5) is 10.2. The van der Waals surface area contributed by atoms with Gasteiger partial charge in [-0.3, -0.25) is 4.79 Å². The van der Waals surface area contributed by atoms with Crippen LogP contribution in [0.15, 0.2) is 0 Å². The van der Waals surface area contributed by atoms with Crippen LogP contribution in [0, 0.1) is 0 Å². The minimum absolute atomic E-state index is 0. The number of hydrogen-bond acceptors (Lipinski definition) is 2. The van der Waals surface area contributed by atoms with Crippen molar-refractivity contribution in [2.45, 2.75) is 0 Å². The molecule has 8 heavy (non-hydrogen) atoms. The predicted molar refractivity (Wildman–Crippen MR) is 35.9 cm³/mol. The maximum absolute atomic E-state index is 10.2.